The topological polar surface area (TPSA) is 50.2 Å². The number of hydrogen-bond acceptors (Lipinski definition) is 2. The molecule has 0 saturated carbocycles. The summed E-state index contributed by atoms with van der Waals surface area (Å²) in [6.45, 7) is 1.81. The van der Waals surface area contributed by atoms with Crippen molar-refractivity contribution in [3.05, 3.63) is 29.6 Å². The molecular weight excluding hydrogens is 169 g/mol. The van der Waals surface area contributed by atoms with Gasteiger partial charge in [0.15, 0.2) is 0 Å². The van der Waals surface area contributed by atoms with Crippen molar-refractivity contribution in [2.24, 2.45) is 0 Å². The summed E-state index contributed by atoms with van der Waals surface area (Å²) in [5.41, 5.74) is 1.05. The minimum absolute atomic E-state index is 0. The molecule has 1 aromatic heterocycles. The fourth-order valence-corrected chi connectivity index (χ4v) is 0.594. The van der Waals surface area contributed by atoms with Crippen molar-refractivity contribution in [3.8, 4) is 0 Å². The van der Waals surface area contributed by atoms with Gasteiger partial charge in [-0.05, 0) is 19.1 Å². The first-order valence-corrected chi connectivity index (χ1v) is 2.86. The first kappa shape index (κ1) is 11.3. The van der Waals surface area contributed by atoms with Crippen LogP contribution in [0.25, 0.3) is 0 Å². The number of rotatable bonds is 1. The Morgan fingerprint density at radius 2 is 2.18 bits per heavy atom. The summed E-state index contributed by atoms with van der Waals surface area (Å²) in [6.07, 6.45) is 1.34. The summed E-state index contributed by atoms with van der Waals surface area (Å²) in [6, 6.07) is 3.20. The van der Waals surface area contributed by atoms with E-state index in [1.807, 2.05) is 6.92 Å². The van der Waals surface area contributed by atoms with Crippen molar-refractivity contribution in [1.82, 2.24) is 4.98 Å². The third kappa shape index (κ3) is 3.44. The van der Waals surface area contributed by atoms with E-state index >= 15 is 0 Å². The van der Waals surface area contributed by atoms with Gasteiger partial charge in [-0.1, -0.05) is 0 Å². The van der Waals surface area contributed by atoms with Gasteiger partial charge in [-0.25, -0.2) is 4.79 Å². The van der Waals surface area contributed by atoms with Crippen LogP contribution in [0.2, 0.25) is 0 Å². The van der Waals surface area contributed by atoms with E-state index in [0.29, 0.717) is 0 Å². The summed E-state index contributed by atoms with van der Waals surface area (Å²) >= 11 is 0. The van der Waals surface area contributed by atoms with Crippen molar-refractivity contribution in [3.63, 3.8) is 0 Å². The quantitative estimate of drug-likeness (QED) is 0.633. The van der Waals surface area contributed by atoms with E-state index in [0.717, 1.165) is 5.69 Å². The van der Waals surface area contributed by atoms with E-state index < -0.39 is 5.97 Å². The second-order valence-corrected chi connectivity index (χ2v) is 1.99. The molecule has 0 saturated heterocycles. The van der Waals surface area contributed by atoms with E-state index in [4.69, 9.17) is 5.11 Å². The van der Waals surface area contributed by atoms with Crippen molar-refractivity contribution in [1.29, 1.82) is 0 Å². The molecule has 0 aliphatic heterocycles. The summed E-state index contributed by atoms with van der Waals surface area (Å²) in [5.74, 6) is -0.937. The van der Waals surface area contributed by atoms with Gasteiger partial charge in [0.2, 0.25) is 0 Å². The Balaban J connectivity index is 0.000001000. The Kier molecular flexibility index (Phi) is 5.12. The molecule has 0 aliphatic carbocycles. The summed E-state index contributed by atoms with van der Waals surface area (Å²) in [7, 11) is 0. The molecule has 1 aromatic rings. The third-order valence-electron chi connectivity index (χ3n) is 1.16. The van der Waals surface area contributed by atoms with E-state index in [2.05, 4.69) is 4.98 Å². The van der Waals surface area contributed by atoms with Crippen LogP contribution in [0, 0.1) is 6.92 Å². The Morgan fingerprint density at radius 3 is 2.55 bits per heavy atom. The van der Waals surface area contributed by atoms with Gasteiger partial charge in [0.25, 0.3) is 0 Å². The molecule has 4 heteroatoms. The average Bonchev–Trinajstić information content (AvgIpc) is 1.88. The summed E-state index contributed by atoms with van der Waals surface area (Å²) in [4.78, 5) is 14.1. The van der Waals surface area contributed by atoms with E-state index in [1.54, 1.807) is 6.07 Å². The molecule has 11 heavy (non-hydrogen) atoms. The molecule has 1 N–H and O–H groups in total. The number of nitrogens with zero attached hydrogens (tertiary/aromatic N) is 1. The molecule has 1 rings (SSSR count). The van der Waals surface area contributed by atoms with Crippen LogP contribution < -0.4 is 0 Å². The molecule has 0 aliphatic rings. The molecule has 0 atom stereocenters. The second-order valence-electron chi connectivity index (χ2n) is 1.99. The average molecular weight is 177 g/mol. The van der Waals surface area contributed by atoms with Crippen molar-refractivity contribution >= 4 is 57.4 Å². The number of pyridine rings is 1. The molecule has 0 spiro atoms. The number of aryl methyl sites for hydroxylation is 1. The first-order valence-electron chi connectivity index (χ1n) is 2.86. The van der Waals surface area contributed by atoms with Crippen molar-refractivity contribution < 1.29 is 9.90 Å². The number of carboxylic acids is 1. The van der Waals surface area contributed by atoms with E-state index in [9.17, 15) is 4.79 Å². The van der Waals surface area contributed by atoms with Crippen molar-refractivity contribution in [2.45, 2.75) is 6.92 Å². The molecule has 0 fully saturated rings. The first-order chi connectivity index (χ1) is 4.70. The molecule has 3 nitrogen and oxygen atoms in total. The molecule has 0 radical (unpaired) electrons. The van der Waals surface area contributed by atoms with Gasteiger partial charge in [0.05, 0.1) is 5.56 Å². The van der Waals surface area contributed by atoms with Gasteiger partial charge in [-0.3, -0.25) is 4.98 Å². The maximum absolute atomic E-state index is 10.3. The van der Waals surface area contributed by atoms with Crippen LogP contribution in [0.5, 0.6) is 0 Å². The number of carboxylic acid groups (broad SMARTS) is 1. The molecule has 0 bridgehead atoms. The van der Waals surface area contributed by atoms with Crippen LogP contribution in [-0.2, 0) is 0 Å². The van der Waals surface area contributed by atoms with Gasteiger partial charge in [-0.15, -0.1) is 0 Å². The van der Waals surface area contributed by atoms with Gasteiger partial charge < -0.3 is 5.11 Å². The van der Waals surface area contributed by atoms with Crippen LogP contribution in [0.1, 0.15) is 16.1 Å². The van der Waals surface area contributed by atoms with Crippen LogP contribution >= 0.6 is 0 Å². The number of aromatic carboxylic acids is 1. The van der Waals surface area contributed by atoms with Gasteiger partial charge in [0.1, 0.15) is 0 Å². The zero-order valence-corrected chi connectivity index (χ0v) is 5.53. The molecule has 1 heterocycles. The second kappa shape index (κ2) is 5.00. The summed E-state index contributed by atoms with van der Waals surface area (Å²) < 4.78 is 0. The Morgan fingerprint density at radius 1 is 1.55 bits per heavy atom. The van der Waals surface area contributed by atoms with E-state index in [1.165, 1.54) is 12.3 Å². The third-order valence-corrected chi connectivity index (χ3v) is 1.16. The molecular formula is C7H8KNO2. The predicted octanol–water partition coefficient (Wildman–Crippen LogP) is 0.440. The van der Waals surface area contributed by atoms with Crippen LogP contribution in [0.3, 0.4) is 0 Å². The number of hydrogen-bond donors (Lipinski definition) is 1. The van der Waals surface area contributed by atoms with E-state index in [-0.39, 0.29) is 56.9 Å². The Labute approximate surface area is 107 Å². The molecule has 0 aromatic carbocycles. The molecule has 54 valence electrons. The Bertz CT molecular complexity index is 245. The minimum atomic E-state index is -0.937. The standard InChI is InChI=1S/C7H7NO2.K.H/c1-5-2-3-6(4-8-5)7(9)10;;/h2-4H,1H3,(H,9,10);;. The van der Waals surface area contributed by atoms with Crippen LogP contribution in [-0.4, -0.2) is 67.4 Å². The van der Waals surface area contributed by atoms with Crippen LogP contribution in [0.4, 0.5) is 0 Å². The predicted molar refractivity (Wildman–Crippen MR) is 43.1 cm³/mol. The molecule has 0 unspecified atom stereocenters. The Hall–Kier alpha value is 0.256. The molecule has 0 amide bonds. The number of aromatic nitrogens is 1. The number of carbonyl (C=O) groups is 1. The fourth-order valence-electron chi connectivity index (χ4n) is 0.594. The summed E-state index contributed by atoms with van der Waals surface area (Å²) in [5, 5.41) is 8.44. The monoisotopic (exact) mass is 177 g/mol. The van der Waals surface area contributed by atoms with Crippen molar-refractivity contribution in [2.75, 3.05) is 0 Å². The maximum atomic E-state index is 10.3. The fraction of sp³-hybridized carbons (Fsp3) is 0.143. The van der Waals surface area contributed by atoms with Crippen LogP contribution in [0.15, 0.2) is 18.3 Å². The van der Waals surface area contributed by atoms with Gasteiger partial charge >= 0.3 is 57.4 Å². The SMILES string of the molecule is Cc1ccc(C(=O)O)cn1.[KH]. The zero-order chi connectivity index (χ0) is 7.56. The normalized spacial score (nSPS) is 8.45. The van der Waals surface area contributed by atoms with Gasteiger partial charge in [-0.2, -0.15) is 0 Å². The van der Waals surface area contributed by atoms with Gasteiger partial charge in [0, 0.05) is 11.9 Å². The zero-order valence-electron chi connectivity index (χ0n) is 5.53.